The average molecular weight is 393 g/mol. The molecule has 1 aliphatic heterocycles. The van der Waals surface area contributed by atoms with Crippen molar-refractivity contribution in [3.05, 3.63) is 60.2 Å². The Labute approximate surface area is 169 Å². The van der Waals surface area contributed by atoms with Gasteiger partial charge < -0.3 is 14.2 Å². The maximum absolute atomic E-state index is 12.4. The van der Waals surface area contributed by atoms with Crippen LogP contribution in [0.1, 0.15) is 18.4 Å². The highest BCUT2D eigenvalue weighted by Gasteiger charge is 2.49. The second kappa shape index (κ2) is 9.80. The topological polar surface area (TPSA) is 93.3 Å². The van der Waals surface area contributed by atoms with Gasteiger partial charge in [0.25, 0.3) is 5.54 Å². The summed E-state index contributed by atoms with van der Waals surface area (Å²) < 4.78 is 16.0. The molecule has 1 saturated heterocycles. The van der Waals surface area contributed by atoms with Gasteiger partial charge in [0.15, 0.2) is 0 Å². The van der Waals surface area contributed by atoms with E-state index in [-0.39, 0.29) is 5.92 Å². The van der Waals surface area contributed by atoms with Gasteiger partial charge in [-0.2, -0.15) is 15.5 Å². The second-order valence-corrected chi connectivity index (χ2v) is 6.72. The summed E-state index contributed by atoms with van der Waals surface area (Å²) in [5.41, 5.74) is -0.0710. The third kappa shape index (κ3) is 4.98. The highest BCUT2D eigenvalue weighted by Crippen LogP contribution is 2.33. The predicted molar refractivity (Wildman–Crippen MR) is 106 cm³/mol. The number of nitrogens with zero attached hydrogens (tertiary/aromatic N) is 3. The summed E-state index contributed by atoms with van der Waals surface area (Å²) in [6.45, 7) is 1.42. The standard InChI is InChI=1S/C22H23N3O4/c1-27-21(26)22(16-23,18-11-13-28-14-12-18)25-24-19-7-9-20(10-8-19)29-15-17-5-3-2-4-6-17/h2-10,18H,11-15H2,1H3. The van der Waals surface area contributed by atoms with E-state index in [1.807, 2.05) is 36.4 Å². The highest BCUT2D eigenvalue weighted by atomic mass is 16.5. The highest BCUT2D eigenvalue weighted by molar-refractivity contribution is 5.85. The van der Waals surface area contributed by atoms with E-state index >= 15 is 0 Å². The molecule has 0 amide bonds. The van der Waals surface area contributed by atoms with Gasteiger partial charge in [-0.25, -0.2) is 4.79 Å². The van der Waals surface area contributed by atoms with Crippen molar-refractivity contribution in [2.24, 2.45) is 16.1 Å². The third-order valence-electron chi connectivity index (χ3n) is 4.89. The minimum Gasteiger partial charge on any atom is -0.489 e. The van der Waals surface area contributed by atoms with E-state index in [2.05, 4.69) is 10.2 Å². The van der Waals surface area contributed by atoms with Gasteiger partial charge in [-0.1, -0.05) is 30.3 Å². The molecule has 150 valence electrons. The van der Waals surface area contributed by atoms with Crippen molar-refractivity contribution in [2.75, 3.05) is 20.3 Å². The first-order valence-electron chi connectivity index (χ1n) is 9.45. The van der Waals surface area contributed by atoms with E-state index in [0.717, 1.165) is 5.56 Å². The number of carbonyl (C=O) groups is 1. The molecule has 0 spiro atoms. The van der Waals surface area contributed by atoms with Crippen molar-refractivity contribution in [3.63, 3.8) is 0 Å². The molecule has 2 aromatic rings. The van der Waals surface area contributed by atoms with Crippen LogP contribution < -0.4 is 4.74 Å². The van der Waals surface area contributed by atoms with E-state index < -0.39 is 11.5 Å². The van der Waals surface area contributed by atoms with Crippen molar-refractivity contribution < 1.29 is 19.0 Å². The molecule has 0 radical (unpaired) electrons. The average Bonchev–Trinajstić information content (AvgIpc) is 2.80. The number of esters is 1. The Bertz CT molecular complexity index is 871. The number of hydrogen-bond acceptors (Lipinski definition) is 7. The monoisotopic (exact) mass is 393 g/mol. The Morgan fingerprint density at radius 1 is 1.17 bits per heavy atom. The zero-order valence-corrected chi connectivity index (χ0v) is 16.3. The van der Waals surface area contributed by atoms with Crippen LogP contribution in [-0.4, -0.2) is 31.8 Å². The van der Waals surface area contributed by atoms with Crippen LogP contribution in [-0.2, 0) is 20.9 Å². The minimum absolute atomic E-state index is 0.300. The minimum atomic E-state index is -1.67. The summed E-state index contributed by atoms with van der Waals surface area (Å²) >= 11 is 0. The zero-order chi connectivity index (χ0) is 20.5. The number of carbonyl (C=O) groups excluding carboxylic acids is 1. The summed E-state index contributed by atoms with van der Waals surface area (Å²) in [5.74, 6) is -0.304. The summed E-state index contributed by atoms with van der Waals surface area (Å²) in [4.78, 5) is 12.4. The number of benzene rings is 2. The van der Waals surface area contributed by atoms with Gasteiger partial charge in [0.1, 0.15) is 18.4 Å². The van der Waals surface area contributed by atoms with Crippen LogP contribution in [0.2, 0.25) is 0 Å². The van der Waals surface area contributed by atoms with Crippen LogP contribution >= 0.6 is 0 Å². The molecule has 1 aliphatic rings. The molecule has 2 aromatic carbocycles. The summed E-state index contributed by atoms with van der Waals surface area (Å²) in [7, 11) is 1.25. The number of nitriles is 1. The molecule has 0 aliphatic carbocycles. The lowest BCUT2D eigenvalue weighted by atomic mass is 9.80. The lowest BCUT2D eigenvalue weighted by Gasteiger charge is -2.30. The molecule has 1 heterocycles. The number of methoxy groups -OCH3 is 1. The van der Waals surface area contributed by atoms with Crippen LogP contribution in [0.25, 0.3) is 0 Å². The largest absolute Gasteiger partial charge is 0.489 e. The normalized spacial score (nSPS) is 16.7. The first kappa shape index (κ1) is 20.5. The summed E-state index contributed by atoms with van der Waals surface area (Å²) in [6.07, 6.45) is 1.10. The maximum atomic E-state index is 12.4. The summed E-state index contributed by atoms with van der Waals surface area (Å²) in [5, 5.41) is 18.1. The molecule has 0 N–H and O–H groups in total. The van der Waals surface area contributed by atoms with Gasteiger partial charge >= 0.3 is 5.97 Å². The van der Waals surface area contributed by atoms with Crippen molar-refractivity contribution in [1.29, 1.82) is 5.26 Å². The van der Waals surface area contributed by atoms with Crippen molar-refractivity contribution >= 4 is 11.7 Å². The van der Waals surface area contributed by atoms with Gasteiger partial charge in [0.05, 0.1) is 12.8 Å². The number of hydrogen-bond donors (Lipinski definition) is 0. The molecule has 29 heavy (non-hydrogen) atoms. The SMILES string of the molecule is COC(=O)C(C#N)(N=Nc1ccc(OCc2ccccc2)cc1)C1CCOCC1. The van der Waals surface area contributed by atoms with Gasteiger partial charge in [-0.3, -0.25) is 0 Å². The molecule has 7 nitrogen and oxygen atoms in total. The fourth-order valence-corrected chi connectivity index (χ4v) is 3.21. The van der Waals surface area contributed by atoms with E-state index in [9.17, 15) is 10.1 Å². The van der Waals surface area contributed by atoms with Gasteiger partial charge in [-0.05, 0) is 42.7 Å². The van der Waals surface area contributed by atoms with Crippen molar-refractivity contribution in [3.8, 4) is 11.8 Å². The van der Waals surface area contributed by atoms with Gasteiger partial charge in [-0.15, -0.1) is 0 Å². The Balaban J connectivity index is 1.72. The lowest BCUT2D eigenvalue weighted by molar-refractivity contribution is -0.148. The molecule has 7 heteroatoms. The molecule has 1 fully saturated rings. The van der Waals surface area contributed by atoms with Crippen LogP contribution in [0.15, 0.2) is 64.8 Å². The van der Waals surface area contributed by atoms with E-state index in [4.69, 9.17) is 14.2 Å². The van der Waals surface area contributed by atoms with Crippen LogP contribution in [0.5, 0.6) is 5.75 Å². The first-order valence-corrected chi connectivity index (χ1v) is 9.45. The smallest absolute Gasteiger partial charge is 0.350 e. The van der Waals surface area contributed by atoms with Gasteiger partial charge in [0, 0.05) is 19.1 Å². The lowest BCUT2D eigenvalue weighted by Crippen LogP contribution is -2.45. The van der Waals surface area contributed by atoms with E-state index in [0.29, 0.717) is 44.1 Å². The van der Waals surface area contributed by atoms with Crippen LogP contribution in [0.3, 0.4) is 0 Å². The Kier molecular flexibility index (Phi) is 6.93. The van der Waals surface area contributed by atoms with Crippen molar-refractivity contribution in [2.45, 2.75) is 25.0 Å². The molecule has 1 unspecified atom stereocenters. The van der Waals surface area contributed by atoms with Crippen LogP contribution in [0, 0.1) is 17.2 Å². The quantitative estimate of drug-likeness (QED) is 0.519. The maximum Gasteiger partial charge on any atom is 0.350 e. The number of rotatable bonds is 7. The van der Waals surface area contributed by atoms with Crippen LogP contribution in [0.4, 0.5) is 5.69 Å². The second-order valence-electron chi connectivity index (χ2n) is 6.72. The first-order chi connectivity index (χ1) is 14.2. The fraction of sp³-hybridized carbons (Fsp3) is 0.364. The molecule has 0 saturated carbocycles. The Morgan fingerprint density at radius 2 is 1.86 bits per heavy atom. The van der Waals surface area contributed by atoms with Gasteiger partial charge in [0.2, 0.25) is 0 Å². The Hall–Kier alpha value is -3.24. The molecule has 0 bridgehead atoms. The molecule has 3 rings (SSSR count). The number of azo groups is 1. The molecule has 0 aromatic heterocycles. The number of ether oxygens (including phenoxy) is 3. The molecular formula is C22H23N3O4. The van der Waals surface area contributed by atoms with E-state index in [1.54, 1.807) is 24.3 Å². The van der Waals surface area contributed by atoms with Crippen molar-refractivity contribution in [1.82, 2.24) is 0 Å². The predicted octanol–water partition coefficient (Wildman–Crippen LogP) is 4.21. The molecule has 1 atom stereocenters. The summed E-state index contributed by atoms with van der Waals surface area (Å²) in [6, 6.07) is 18.9. The zero-order valence-electron chi connectivity index (χ0n) is 16.3. The Morgan fingerprint density at radius 3 is 2.48 bits per heavy atom. The fourth-order valence-electron chi connectivity index (χ4n) is 3.21. The molecular weight excluding hydrogens is 370 g/mol. The third-order valence-corrected chi connectivity index (χ3v) is 4.89. The van der Waals surface area contributed by atoms with E-state index in [1.165, 1.54) is 7.11 Å².